The van der Waals surface area contributed by atoms with Crippen molar-refractivity contribution in [3.05, 3.63) is 29.8 Å². The third-order valence-electron chi connectivity index (χ3n) is 3.59. The van der Waals surface area contributed by atoms with Crippen LogP contribution in [0, 0.1) is 0 Å². The molecule has 2 rings (SSSR count). The average Bonchev–Trinajstić information content (AvgIpc) is 2.30. The minimum absolute atomic E-state index is 0.263. The van der Waals surface area contributed by atoms with Gasteiger partial charge in [-0.1, -0.05) is 12.1 Å². The Balaban J connectivity index is 2.38. The number of piperidine rings is 1. The lowest BCUT2D eigenvalue weighted by atomic mass is 9.70. The molecule has 3 heteroatoms. The normalized spacial score (nSPS) is 19.3. The number of benzene rings is 1. The molecule has 0 unspecified atom stereocenters. The van der Waals surface area contributed by atoms with Crippen molar-refractivity contribution in [2.24, 2.45) is 0 Å². The largest absolute Gasteiger partial charge is 0.399 e. The maximum Gasteiger partial charge on any atom is 0.140 e. The number of hydrogen-bond acceptors (Lipinski definition) is 3. The van der Waals surface area contributed by atoms with Crippen LogP contribution in [-0.2, 0) is 10.2 Å². The molecule has 0 radical (unpaired) electrons. The van der Waals surface area contributed by atoms with E-state index in [9.17, 15) is 4.79 Å². The molecule has 0 aliphatic carbocycles. The molecule has 1 saturated heterocycles. The second-order valence-electron chi connectivity index (χ2n) is 4.51. The fourth-order valence-corrected chi connectivity index (χ4v) is 2.50. The molecule has 0 bridgehead atoms. The Morgan fingerprint density at radius 3 is 2.31 bits per heavy atom. The molecular formula is C13H18N2O. The van der Waals surface area contributed by atoms with Crippen LogP contribution >= 0.6 is 0 Å². The minimum atomic E-state index is -0.293. The molecule has 3 N–H and O–H groups in total. The van der Waals surface area contributed by atoms with E-state index < -0.39 is 0 Å². The second-order valence-corrected chi connectivity index (χ2v) is 4.51. The summed E-state index contributed by atoms with van der Waals surface area (Å²) in [7, 11) is 0. The van der Waals surface area contributed by atoms with Crippen molar-refractivity contribution in [1.82, 2.24) is 5.32 Å². The van der Waals surface area contributed by atoms with Gasteiger partial charge in [-0.05, 0) is 50.6 Å². The highest BCUT2D eigenvalue weighted by Gasteiger charge is 2.38. The summed E-state index contributed by atoms with van der Waals surface area (Å²) in [6, 6.07) is 7.73. The van der Waals surface area contributed by atoms with Crippen LogP contribution in [-0.4, -0.2) is 18.9 Å². The first-order valence-electron chi connectivity index (χ1n) is 5.73. The van der Waals surface area contributed by atoms with E-state index in [1.165, 1.54) is 0 Å². The number of rotatable bonds is 2. The van der Waals surface area contributed by atoms with Crippen LogP contribution in [0.3, 0.4) is 0 Å². The molecule has 0 atom stereocenters. The predicted octanol–water partition coefficient (Wildman–Crippen LogP) is 1.48. The van der Waals surface area contributed by atoms with Gasteiger partial charge in [0.15, 0.2) is 0 Å². The first-order valence-corrected chi connectivity index (χ1v) is 5.73. The third-order valence-corrected chi connectivity index (χ3v) is 3.59. The smallest absolute Gasteiger partial charge is 0.140 e. The molecule has 0 amide bonds. The molecular weight excluding hydrogens is 200 g/mol. The number of anilines is 1. The van der Waals surface area contributed by atoms with Gasteiger partial charge in [0.25, 0.3) is 0 Å². The lowest BCUT2D eigenvalue weighted by Gasteiger charge is -2.36. The number of carbonyl (C=O) groups is 1. The van der Waals surface area contributed by atoms with Crippen LogP contribution in [0.2, 0.25) is 0 Å². The standard InChI is InChI=1S/C13H18N2O/c1-10(16)13(6-8-15-9-7-13)11-2-4-12(14)5-3-11/h2-5,15H,6-9,14H2,1H3. The number of nitrogens with two attached hydrogens (primary N) is 1. The molecule has 0 saturated carbocycles. The zero-order valence-corrected chi connectivity index (χ0v) is 9.62. The van der Waals surface area contributed by atoms with Gasteiger partial charge in [-0.15, -0.1) is 0 Å². The van der Waals surface area contributed by atoms with Crippen molar-refractivity contribution in [2.75, 3.05) is 18.8 Å². The van der Waals surface area contributed by atoms with Crippen LogP contribution in [0.5, 0.6) is 0 Å². The fraction of sp³-hybridized carbons (Fsp3) is 0.462. The van der Waals surface area contributed by atoms with Crippen molar-refractivity contribution in [2.45, 2.75) is 25.2 Å². The van der Waals surface area contributed by atoms with Gasteiger partial charge in [0, 0.05) is 5.69 Å². The Bertz CT molecular complexity index is 377. The molecule has 0 aromatic heterocycles. The summed E-state index contributed by atoms with van der Waals surface area (Å²) in [6.07, 6.45) is 1.76. The summed E-state index contributed by atoms with van der Waals surface area (Å²) >= 11 is 0. The van der Waals surface area contributed by atoms with E-state index in [-0.39, 0.29) is 11.2 Å². The van der Waals surface area contributed by atoms with Crippen LogP contribution in [0.15, 0.2) is 24.3 Å². The van der Waals surface area contributed by atoms with Gasteiger partial charge in [0.05, 0.1) is 5.41 Å². The molecule has 1 aromatic carbocycles. The van der Waals surface area contributed by atoms with Gasteiger partial charge in [-0.2, -0.15) is 0 Å². The molecule has 1 aliphatic heterocycles. The summed E-state index contributed by atoms with van der Waals surface area (Å²) in [5.74, 6) is 0.263. The number of hydrogen-bond donors (Lipinski definition) is 2. The van der Waals surface area contributed by atoms with E-state index >= 15 is 0 Å². The highest BCUT2D eigenvalue weighted by molar-refractivity contribution is 5.88. The maximum atomic E-state index is 11.9. The van der Waals surface area contributed by atoms with Gasteiger partial charge >= 0.3 is 0 Å². The summed E-state index contributed by atoms with van der Waals surface area (Å²) in [6.45, 7) is 3.51. The van der Waals surface area contributed by atoms with Gasteiger partial charge in [-0.25, -0.2) is 0 Å². The predicted molar refractivity (Wildman–Crippen MR) is 65.3 cm³/mol. The zero-order valence-electron chi connectivity index (χ0n) is 9.62. The lowest BCUT2D eigenvalue weighted by molar-refractivity contribution is -0.123. The molecule has 1 aromatic rings. The van der Waals surface area contributed by atoms with Crippen LogP contribution in [0.4, 0.5) is 5.69 Å². The number of nitrogens with one attached hydrogen (secondary N) is 1. The van der Waals surface area contributed by atoms with Gasteiger partial charge in [-0.3, -0.25) is 4.79 Å². The number of ketones is 1. The molecule has 1 aliphatic rings. The van der Waals surface area contributed by atoms with Crippen molar-refractivity contribution in [3.8, 4) is 0 Å². The number of Topliss-reactive ketones (excluding diaryl/α,β-unsaturated/α-hetero) is 1. The van der Waals surface area contributed by atoms with Crippen molar-refractivity contribution in [3.63, 3.8) is 0 Å². The number of carbonyl (C=O) groups excluding carboxylic acids is 1. The van der Waals surface area contributed by atoms with E-state index in [2.05, 4.69) is 5.32 Å². The molecule has 1 heterocycles. The van der Waals surface area contributed by atoms with E-state index in [1.807, 2.05) is 24.3 Å². The van der Waals surface area contributed by atoms with Gasteiger partial charge in [0.1, 0.15) is 5.78 Å². The Kier molecular flexibility index (Phi) is 2.97. The van der Waals surface area contributed by atoms with E-state index in [0.29, 0.717) is 0 Å². The first-order chi connectivity index (χ1) is 7.65. The fourth-order valence-electron chi connectivity index (χ4n) is 2.50. The number of nitrogen functional groups attached to an aromatic ring is 1. The van der Waals surface area contributed by atoms with Crippen LogP contribution < -0.4 is 11.1 Å². The van der Waals surface area contributed by atoms with E-state index in [1.54, 1.807) is 6.92 Å². The minimum Gasteiger partial charge on any atom is -0.399 e. The Morgan fingerprint density at radius 1 is 1.25 bits per heavy atom. The molecule has 1 fully saturated rings. The molecule has 86 valence electrons. The summed E-state index contributed by atoms with van der Waals surface area (Å²) in [5, 5.41) is 3.30. The summed E-state index contributed by atoms with van der Waals surface area (Å²) in [4.78, 5) is 11.9. The Labute approximate surface area is 96.0 Å². The highest BCUT2D eigenvalue weighted by Crippen LogP contribution is 2.34. The van der Waals surface area contributed by atoms with Crippen molar-refractivity contribution in [1.29, 1.82) is 0 Å². The zero-order chi connectivity index (χ0) is 11.6. The molecule has 0 spiro atoms. The third kappa shape index (κ3) is 1.83. The first kappa shape index (κ1) is 11.1. The van der Waals surface area contributed by atoms with Crippen molar-refractivity contribution >= 4 is 11.5 Å². The van der Waals surface area contributed by atoms with Crippen LogP contribution in [0.1, 0.15) is 25.3 Å². The van der Waals surface area contributed by atoms with Gasteiger partial charge < -0.3 is 11.1 Å². The molecule has 3 nitrogen and oxygen atoms in total. The maximum absolute atomic E-state index is 11.9. The monoisotopic (exact) mass is 218 g/mol. The van der Waals surface area contributed by atoms with Crippen LogP contribution in [0.25, 0.3) is 0 Å². The van der Waals surface area contributed by atoms with E-state index in [0.717, 1.165) is 37.2 Å². The SMILES string of the molecule is CC(=O)C1(c2ccc(N)cc2)CCNCC1. The second kappa shape index (κ2) is 4.26. The van der Waals surface area contributed by atoms with Gasteiger partial charge in [0.2, 0.25) is 0 Å². The highest BCUT2D eigenvalue weighted by atomic mass is 16.1. The Morgan fingerprint density at radius 2 is 1.81 bits per heavy atom. The molecule has 16 heavy (non-hydrogen) atoms. The Hall–Kier alpha value is -1.35. The summed E-state index contributed by atoms with van der Waals surface area (Å²) in [5.41, 5.74) is 7.24. The van der Waals surface area contributed by atoms with Crippen molar-refractivity contribution < 1.29 is 4.79 Å². The van der Waals surface area contributed by atoms with E-state index in [4.69, 9.17) is 5.73 Å². The average molecular weight is 218 g/mol. The summed E-state index contributed by atoms with van der Waals surface area (Å²) < 4.78 is 0. The quantitative estimate of drug-likeness (QED) is 0.739. The topological polar surface area (TPSA) is 55.1 Å². The lowest BCUT2D eigenvalue weighted by Crippen LogP contribution is -2.44.